The van der Waals surface area contributed by atoms with Crippen LogP contribution in [0.4, 0.5) is 0 Å². The van der Waals surface area contributed by atoms with E-state index in [2.05, 4.69) is 4.98 Å². The molecular formula is C22H20N4O2S. The van der Waals surface area contributed by atoms with Gasteiger partial charge in [-0.05, 0) is 56.2 Å². The molecule has 1 atom stereocenters. The molecule has 0 unspecified atom stereocenters. The van der Waals surface area contributed by atoms with Gasteiger partial charge in [0.05, 0.1) is 28.4 Å². The fraction of sp³-hybridized carbons (Fsp3) is 0.227. The zero-order chi connectivity index (χ0) is 21.1. The first kappa shape index (κ1) is 20.5. The van der Waals surface area contributed by atoms with Crippen LogP contribution in [0.15, 0.2) is 52.4 Å². The molecule has 146 valence electrons. The number of carbonyl (C=O) groups excluding carboxylic acids is 1. The number of fused-ring (bicyclic) bond motifs is 1. The van der Waals surface area contributed by atoms with Gasteiger partial charge in [-0.15, -0.1) is 0 Å². The van der Waals surface area contributed by atoms with Crippen LogP contribution in [0.2, 0.25) is 0 Å². The highest BCUT2D eigenvalue weighted by molar-refractivity contribution is 7.99. The number of nitriles is 1. The highest BCUT2D eigenvalue weighted by atomic mass is 32.2. The monoisotopic (exact) mass is 404 g/mol. The largest absolute Gasteiger partial charge is 0.308 e. The fourth-order valence-corrected chi connectivity index (χ4v) is 4.06. The molecule has 0 radical (unpaired) electrons. The highest BCUT2D eigenvalue weighted by Gasteiger charge is 2.22. The number of hydrogen-bond donors (Lipinski definition) is 1. The number of ketones is 1. The van der Waals surface area contributed by atoms with E-state index >= 15 is 0 Å². The highest BCUT2D eigenvalue weighted by Crippen LogP contribution is 2.23. The van der Waals surface area contributed by atoms with Crippen molar-refractivity contribution >= 4 is 34.2 Å². The van der Waals surface area contributed by atoms with Gasteiger partial charge in [0, 0.05) is 5.71 Å². The first-order valence-corrected chi connectivity index (χ1v) is 10.0. The van der Waals surface area contributed by atoms with Crippen LogP contribution in [-0.2, 0) is 4.79 Å². The van der Waals surface area contributed by atoms with Crippen LogP contribution in [0, 0.1) is 36.5 Å². The third kappa shape index (κ3) is 4.28. The number of carbonyl (C=O) groups is 1. The van der Waals surface area contributed by atoms with Crippen molar-refractivity contribution in [3.63, 3.8) is 0 Å². The molecule has 0 aliphatic rings. The summed E-state index contributed by atoms with van der Waals surface area (Å²) in [5.41, 5.74) is 3.05. The molecule has 0 bridgehead atoms. The minimum Gasteiger partial charge on any atom is -0.308 e. The Morgan fingerprint density at radius 1 is 1.24 bits per heavy atom. The normalized spacial score (nSPS) is 11.8. The van der Waals surface area contributed by atoms with E-state index < -0.39 is 5.92 Å². The Bertz CT molecular complexity index is 1200. The minimum atomic E-state index is -1.08. The smallest absolute Gasteiger partial charge is 0.266 e. The van der Waals surface area contributed by atoms with E-state index in [-0.39, 0.29) is 22.8 Å². The van der Waals surface area contributed by atoms with Gasteiger partial charge < -0.3 is 5.41 Å². The maximum atomic E-state index is 13.3. The summed E-state index contributed by atoms with van der Waals surface area (Å²) < 4.78 is 1.51. The van der Waals surface area contributed by atoms with Gasteiger partial charge in [-0.1, -0.05) is 30.0 Å². The summed E-state index contributed by atoms with van der Waals surface area (Å²) in [5, 5.41) is 17.6. The molecule has 29 heavy (non-hydrogen) atoms. The molecule has 0 aliphatic heterocycles. The molecule has 6 nitrogen and oxygen atoms in total. The van der Waals surface area contributed by atoms with Gasteiger partial charge in [-0.2, -0.15) is 5.26 Å². The summed E-state index contributed by atoms with van der Waals surface area (Å²) in [4.78, 5) is 30.3. The quantitative estimate of drug-likeness (QED) is 0.382. The zero-order valence-electron chi connectivity index (χ0n) is 16.4. The van der Waals surface area contributed by atoms with E-state index in [9.17, 15) is 9.59 Å². The lowest BCUT2D eigenvalue weighted by Crippen LogP contribution is -2.24. The molecule has 0 amide bonds. The van der Waals surface area contributed by atoms with Crippen LogP contribution < -0.4 is 5.56 Å². The fourth-order valence-electron chi connectivity index (χ4n) is 3.15. The average molecular weight is 404 g/mol. The number of nitrogens with zero attached hydrogens (tertiary/aromatic N) is 3. The maximum absolute atomic E-state index is 13.3. The number of benzene rings is 2. The van der Waals surface area contributed by atoms with Gasteiger partial charge >= 0.3 is 0 Å². The molecule has 2 aromatic carbocycles. The lowest BCUT2D eigenvalue weighted by molar-refractivity contribution is -0.117. The summed E-state index contributed by atoms with van der Waals surface area (Å²) >= 11 is 1.11. The predicted molar refractivity (Wildman–Crippen MR) is 115 cm³/mol. The average Bonchev–Trinajstić information content (AvgIpc) is 2.66. The van der Waals surface area contributed by atoms with E-state index in [1.165, 1.54) is 11.5 Å². The number of para-hydroxylation sites is 1. The van der Waals surface area contributed by atoms with E-state index in [1.54, 1.807) is 24.3 Å². The van der Waals surface area contributed by atoms with E-state index in [0.29, 0.717) is 21.7 Å². The third-order valence-corrected chi connectivity index (χ3v) is 5.40. The summed E-state index contributed by atoms with van der Waals surface area (Å²) in [6.45, 7) is 5.35. The number of hydrogen-bond acceptors (Lipinski definition) is 6. The SMILES string of the molecule is CC(=N)[C@@H](C#N)C(=O)CSc1nc2ccccc2c(=O)n1-c1cc(C)cc(C)c1. The second-order valence-corrected chi connectivity index (χ2v) is 7.84. The van der Waals surface area contributed by atoms with Crippen LogP contribution in [-0.4, -0.2) is 26.8 Å². The number of Topliss-reactive ketones (excluding diaryl/α,β-unsaturated/α-hetero) is 1. The second kappa shape index (κ2) is 8.41. The van der Waals surface area contributed by atoms with Crippen molar-refractivity contribution < 1.29 is 4.79 Å². The van der Waals surface area contributed by atoms with Crippen molar-refractivity contribution in [2.45, 2.75) is 25.9 Å². The third-order valence-electron chi connectivity index (χ3n) is 4.44. The van der Waals surface area contributed by atoms with Crippen LogP contribution in [0.25, 0.3) is 16.6 Å². The molecule has 0 aliphatic carbocycles. The standard InChI is InChI=1S/C22H20N4O2S/c1-13-8-14(2)10-16(9-13)26-21(28)17-6-4-5-7-19(17)25-22(26)29-12-20(27)18(11-23)15(3)24/h4-10,18,24H,12H2,1-3H3/t18-/m1/s1. The van der Waals surface area contributed by atoms with Gasteiger partial charge in [0.2, 0.25) is 0 Å². The molecule has 0 saturated carbocycles. The van der Waals surface area contributed by atoms with Crippen molar-refractivity contribution in [3.05, 3.63) is 63.9 Å². The number of aryl methyl sites for hydroxylation is 2. The van der Waals surface area contributed by atoms with E-state index in [4.69, 9.17) is 10.7 Å². The Hall–Kier alpha value is -3.24. The van der Waals surface area contributed by atoms with Crippen molar-refractivity contribution in [2.24, 2.45) is 5.92 Å². The Morgan fingerprint density at radius 3 is 2.52 bits per heavy atom. The maximum Gasteiger partial charge on any atom is 0.266 e. The Kier molecular flexibility index (Phi) is 5.95. The first-order chi connectivity index (χ1) is 13.8. The molecule has 0 fully saturated rings. The van der Waals surface area contributed by atoms with Crippen LogP contribution >= 0.6 is 11.8 Å². The summed E-state index contributed by atoms with van der Waals surface area (Å²) in [7, 11) is 0. The summed E-state index contributed by atoms with van der Waals surface area (Å²) in [6, 6.07) is 14.8. The van der Waals surface area contributed by atoms with Gasteiger partial charge in [-0.25, -0.2) is 4.98 Å². The molecule has 1 aromatic heterocycles. The van der Waals surface area contributed by atoms with E-state index in [0.717, 1.165) is 22.9 Å². The lowest BCUT2D eigenvalue weighted by Gasteiger charge is -2.15. The van der Waals surface area contributed by atoms with Gasteiger partial charge in [0.1, 0.15) is 5.92 Å². The molecule has 0 saturated heterocycles. The topological polar surface area (TPSA) is 99.6 Å². The number of aromatic nitrogens is 2. The molecular weight excluding hydrogens is 384 g/mol. The Balaban J connectivity index is 2.13. The van der Waals surface area contributed by atoms with Crippen LogP contribution in [0.1, 0.15) is 18.1 Å². The van der Waals surface area contributed by atoms with Gasteiger partial charge in [-0.3, -0.25) is 14.2 Å². The van der Waals surface area contributed by atoms with Crippen LogP contribution in [0.5, 0.6) is 0 Å². The van der Waals surface area contributed by atoms with Gasteiger partial charge in [0.15, 0.2) is 10.9 Å². The zero-order valence-corrected chi connectivity index (χ0v) is 17.2. The van der Waals surface area contributed by atoms with Crippen LogP contribution in [0.3, 0.4) is 0 Å². The lowest BCUT2D eigenvalue weighted by atomic mass is 10.0. The summed E-state index contributed by atoms with van der Waals surface area (Å²) in [6.07, 6.45) is 0. The number of rotatable bonds is 6. The molecule has 1 heterocycles. The number of thioether (sulfide) groups is 1. The molecule has 3 aromatic rings. The predicted octanol–water partition coefficient (Wildman–Crippen LogP) is 3.84. The molecule has 7 heteroatoms. The van der Waals surface area contributed by atoms with Crippen molar-refractivity contribution in [2.75, 3.05) is 5.75 Å². The minimum absolute atomic E-state index is 0.0104. The molecule has 3 rings (SSSR count). The van der Waals surface area contributed by atoms with Gasteiger partial charge in [0.25, 0.3) is 5.56 Å². The first-order valence-electron chi connectivity index (χ1n) is 9.02. The van der Waals surface area contributed by atoms with Crippen molar-refractivity contribution in [1.82, 2.24) is 9.55 Å². The van der Waals surface area contributed by atoms with E-state index in [1.807, 2.05) is 38.1 Å². The van der Waals surface area contributed by atoms with Crippen molar-refractivity contribution in [3.8, 4) is 11.8 Å². The number of nitrogens with one attached hydrogen (secondary N) is 1. The van der Waals surface area contributed by atoms with Crippen molar-refractivity contribution in [1.29, 1.82) is 10.7 Å². The molecule has 1 N–H and O–H groups in total. The second-order valence-electron chi connectivity index (χ2n) is 6.90. The molecule has 0 spiro atoms. The Morgan fingerprint density at radius 2 is 1.90 bits per heavy atom. The summed E-state index contributed by atoms with van der Waals surface area (Å²) in [5.74, 6) is -1.51. The Labute approximate surface area is 172 Å².